The van der Waals surface area contributed by atoms with Crippen molar-refractivity contribution in [3.8, 4) is 0 Å². The fraction of sp³-hybridized carbons (Fsp3) is 0.308. The Kier molecular flexibility index (Phi) is 4.52. The summed E-state index contributed by atoms with van der Waals surface area (Å²) in [6.45, 7) is 2.87. The van der Waals surface area contributed by atoms with Crippen LogP contribution in [0.3, 0.4) is 0 Å². The molecule has 20 heavy (non-hydrogen) atoms. The van der Waals surface area contributed by atoms with Gasteiger partial charge in [0, 0.05) is 19.8 Å². The second-order valence-electron chi connectivity index (χ2n) is 4.24. The van der Waals surface area contributed by atoms with Crippen molar-refractivity contribution < 1.29 is 4.79 Å². The van der Waals surface area contributed by atoms with E-state index < -0.39 is 0 Å². The van der Waals surface area contributed by atoms with Crippen molar-refractivity contribution in [2.45, 2.75) is 13.3 Å². The van der Waals surface area contributed by atoms with Crippen molar-refractivity contribution in [3.63, 3.8) is 0 Å². The molecule has 0 unspecified atom stereocenters. The lowest BCUT2D eigenvalue weighted by Gasteiger charge is -2.15. The van der Waals surface area contributed by atoms with Gasteiger partial charge >= 0.3 is 0 Å². The van der Waals surface area contributed by atoms with E-state index in [0.29, 0.717) is 15.7 Å². The van der Waals surface area contributed by atoms with E-state index in [2.05, 4.69) is 22.2 Å². The predicted molar refractivity (Wildman–Crippen MR) is 82.3 cm³/mol. The minimum absolute atomic E-state index is 0.183. The first-order valence-electron chi connectivity index (χ1n) is 6.31. The van der Waals surface area contributed by atoms with Crippen LogP contribution in [-0.4, -0.2) is 29.5 Å². The second-order valence-corrected chi connectivity index (χ2v) is 5.23. The van der Waals surface area contributed by atoms with Gasteiger partial charge in [-0.1, -0.05) is 18.3 Å². The average molecular weight is 291 g/mol. The molecule has 0 bridgehead atoms. The third-order valence-corrected chi connectivity index (χ3v) is 3.73. The molecule has 0 spiro atoms. The number of nitrogen functional groups attached to an aromatic ring is 1. The Morgan fingerprint density at radius 3 is 3.00 bits per heavy atom. The Hall–Kier alpha value is -2.15. The highest BCUT2D eigenvalue weighted by Gasteiger charge is 2.20. The molecule has 0 aliphatic rings. The first-order valence-corrected chi connectivity index (χ1v) is 7.13. The molecular formula is C13H17N5OS. The van der Waals surface area contributed by atoms with Crippen LogP contribution in [0.4, 0.5) is 16.6 Å². The van der Waals surface area contributed by atoms with Crippen molar-refractivity contribution in [2.24, 2.45) is 0 Å². The minimum atomic E-state index is -0.183. The number of nitrogens with two attached hydrogens (primary N) is 1. The van der Waals surface area contributed by atoms with Gasteiger partial charge in [0.15, 0.2) is 5.13 Å². The van der Waals surface area contributed by atoms with Crippen LogP contribution in [0.1, 0.15) is 23.0 Å². The van der Waals surface area contributed by atoms with Gasteiger partial charge in [-0.15, -0.1) is 0 Å². The number of aromatic nitrogens is 2. The molecule has 6 nitrogen and oxygen atoms in total. The van der Waals surface area contributed by atoms with Gasteiger partial charge in [-0.2, -0.15) is 0 Å². The number of thiazole rings is 1. The Balaban J connectivity index is 2.18. The highest BCUT2D eigenvalue weighted by Crippen LogP contribution is 2.27. The number of hydrogen-bond acceptors (Lipinski definition) is 6. The summed E-state index contributed by atoms with van der Waals surface area (Å²) in [7, 11) is 1.69. The van der Waals surface area contributed by atoms with Crippen LogP contribution in [0.25, 0.3) is 0 Å². The van der Waals surface area contributed by atoms with Crippen LogP contribution in [0.2, 0.25) is 0 Å². The van der Waals surface area contributed by atoms with Crippen molar-refractivity contribution in [1.29, 1.82) is 0 Å². The van der Waals surface area contributed by atoms with Gasteiger partial charge in [-0.05, 0) is 18.6 Å². The number of nitrogens with zero attached hydrogens (tertiary/aromatic N) is 3. The summed E-state index contributed by atoms with van der Waals surface area (Å²) in [6, 6.07) is 3.60. The lowest BCUT2D eigenvalue weighted by molar-refractivity contribution is 0.0997. The lowest BCUT2D eigenvalue weighted by atomic mass is 10.3. The maximum Gasteiger partial charge on any atom is 0.272 e. The Morgan fingerprint density at radius 2 is 2.35 bits per heavy atom. The minimum Gasteiger partial charge on any atom is -0.382 e. The highest BCUT2D eigenvalue weighted by atomic mass is 32.1. The second kappa shape index (κ2) is 6.33. The van der Waals surface area contributed by atoms with E-state index in [1.807, 2.05) is 6.07 Å². The number of nitrogens with one attached hydrogen (secondary N) is 1. The SMILES string of the molecule is CCCNc1nc(N)c(C(=O)N(C)c2cccnc2)s1. The molecule has 2 aromatic rings. The van der Waals surface area contributed by atoms with Crippen LogP contribution in [0.15, 0.2) is 24.5 Å². The molecule has 2 rings (SSSR count). The molecular weight excluding hydrogens is 274 g/mol. The zero-order chi connectivity index (χ0) is 14.5. The van der Waals surface area contributed by atoms with Gasteiger partial charge in [0.1, 0.15) is 10.7 Å². The Bertz CT molecular complexity index is 584. The van der Waals surface area contributed by atoms with Crippen LogP contribution >= 0.6 is 11.3 Å². The summed E-state index contributed by atoms with van der Waals surface area (Å²) in [5.74, 6) is 0.0758. The number of rotatable bonds is 5. The van der Waals surface area contributed by atoms with Crippen molar-refractivity contribution >= 4 is 33.9 Å². The van der Waals surface area contributed by atoms with Crippen LogP contribution in [-0.2, 0) is 0 Å². The highest BCUT2D eigenvalue weighted by molar-refractivity contribution is 7.18. The third kappa shape index (κ3) is 3.05. The largest absolute Gasteiger partial charge is 0.382 e. The zero-order valence-electron chi connectivity index (χ0n) is 11.5. The summed E-state index contributed by atoms with van der Waals surface area (Å²) in [5.41, 5.74) is 6.54. The summed E-state index contributed by atoms with van der Waals surface area (Å²) in [4.78, 5) is 22.5. The molecule has 0 radical (unpaired) electrons. The fourth-order valence-corrected chi connectivity index (χ4v) is 2.50. The molecule has 0 aliphatic heterocycles. The van der Waals surface area contributed by atoms with Crippen molar-refractivity contribution in [2.75, 3.05) is 29.5 Å². The molecule has 0 fully saturated rings. The van der Waals surface area contributed by atoms with E-state index in [0.717, 1.165) is 13.0 Å². The molecule has 0 aliphatic carbocycles. The summed E-state index contributed by atoms with van der Waals surface area (Å²) >= 11 is 1.27. The molecule has 0 atom stereocenters. The fourth-order valence-electron chi connectivity index (χ4n) is 1.61. The first kappa shape index (κ1) is 14.3. The topological polar surface area (TPSA) is 84.1 Å². The molecule has 106 valence electrons. The van der Waals surface area contributed by atoms with Gasteiger partial charge in [-0.3, -0.25) is 9.78 Å². The molecule has 0 aromatic carbocycles. The van der Waals surface area contributed by atoms with Gasteiger partial charge in [0.25, 0.3) is 5.91 Å². The van der Waals surface area contributed by atoms with Gasteiger partial charge in [0.05, 0.1) is 11.9 Å². The van der Waals surface area contributed by atoms with E-state index in [1.54, 1.807) is 25.5 Å². The van der Waals surface area contributed by atoms with E-state index in [4.69, 9.17) is 5.73 Å². The van der Waals surface area contributed by atoms with Crippen molar-refractivity contribution in [1.82, 2.24) is 9.97 Å². The molecule has 1 amide bonds. The molecule has 3 N–H and O–H groups in total. The maximum absolute atomic E-state index is 12.4. The monoisotopic (exact) mass is 291 g/mol. The summed E-state index contributed by atoms with van der Waals surface area (Å²) < 4.78 is 0. The van der Waals surface area contributed by atoms with E-state index in [-0.39, 0.29) is 11.7 Å². The number of anilines is 3. The quantitative estimate of drug-likeness (QED) is 0.882. The van der Waals surface area contributed by atoms with Crippen molar-refractivity contribution in [3.05, 3.63) is 29.4 Å². The maximum atomic E-state index is 12.4. The van der Waals surface area contributed by atoms with Crippen LogP contribution in [0.5, 0.6) is 0 Å². The van der Waals surface area contributed by atoms with Gasteiger partial charge in [0.2, 0.25) is 0 Å². The Morgan fingerprint density at radius 1 is 1.55 bits per heavy atom. The number of pyridine rings is 1. The normalized spacial score (nSPS) is 10.3. The summed E-state index contributed by atoms with van der Waals surface area (Å²) in [6.07, 6.45) is 4.28. The number of hydrogen-bond donors (Lipinski definition) is 2. The van der Waals surface area contributed by atoms with Crippen LogP contribution in [0, 0.1) is 0 Å². The van der Waals surface area contributed by atoms with Gasteiger partial charge < -0.3 is 16.0 Å². The third-order valence-electron chi connectivity index (χ3n) is 2.71. The molecule has 0 saturated heterocycles. The molecule has 7 heteroatoms. The van der Waals surface area contributed by atoms with E-state index in [9.17, 15) is 4.79 Å². The number of carbonyl (C=O) groups excluding carboxylic acids is 1. The first-order chi connectivity index (χ1) is 9.63. The van der Waals surface area contributed by atoms with E-state index in [1.165, 1.54) is 16.2 Å². The van der Waals surface area contributed by atoms with Gasteiger partial charge in [-0.25, -0.2) is 4.98 Å². The molecule has 2 aromatic heterocycles. The smallest absolute Gasteiger partial charge is 0.272 e. The zero-order valence-corrected chi connectivity index (χ0v) is 12.3. The molecule has 2 heterocycles. The number of carbonyl (C=O) groups is 1. The van der Waals surface area contributed by atoms with Crippen LogP contribution < -0.4 is 16.0 Å². The average Bonchev–Trinajstić information content (AvgIpc) is 2.85. The van der Waals surface area contributed by atoms with E-state index >= 15 is 0 Å². The molecule has 0 saturated carbocycles. The lowest BCUT2D eigenvalue weighted by Crippen LogP contribution is -2.26. The Labute approximate surface area is 121 Å². The standard InChI is InChI=1S/C13H17N5OS/c1-3-6-16-13-17-11(14)10(20-13)12(19)18(2)9-5-4-7-15-8-9/h4-5,7-8H,3,6,14H2,1-2H3,(H,16,17). The predicted octanol–water partition coefficient (Wildman–Crippen LogP) is 2.22. The number of amides is 1. The summed E-state index contributed by atoms with van der Waals surface area (Å²) in [5, 5.41) is 3.81.